The lowest BCUT2D eigenvalue weighted by molar-refractivity contribution is 0.0340. The minimum Gasteiger partial charge on any atom is -0.375 e. The molecule has 1 fully saturated rings. The van der Waals surface area contributed by atoms with Crippen molar-refractivity contribution < 1.29 is 4.74 Å². The number of aromatic nitrogens is 2. The molecular weight excluding hydrogens is 204 g/mol. The Labute approximate surface area is 94.7 Å². The van der Waals surface area contributed by atoms with Crippen LogP contribution in [0.5, 0.6) is 0 Å². The third-order valence-electron chi connectivity index (χ3n) is 2.65. The van der Waals surface area contributed by atoms with Crippen LogP contribution in [-0.2, 0) is 4.74 Å². The molecule has 2 atom stereocenters. The lowest BCUT2D eigenvalue weighted by Crippen LogP contribution is -2.47. The van der Waals surface area contributed by atoms with Crippen molar-refractivity contribution in [2.75, 3.05) is 18.1 Å². The summed E-state index contributed by atoms with van der Waals surface area (Å²) in [5, 5.41) is 8.65. The smallest absolute Gasteiger partial charge is 0.158 e. The van der Waals surface area contributed by atoms with Crippen LogP contribution in [0.4, 0.5) is 5.82 Å². The Balaban J connectivity index is 2.18. The van der Waals surface area contributed by atoms with Gasteiger partial charge in [0.1, 0.15) is 11.9 Å². The number of hydrogen-bond acceptors (Lipinski definition) is 5. The summed E-state index contributed by atoms with van der Waals surface area (Å²) in [6.07, 6.45) is 3.35. The van der Waals surface area contributed by atoms with Gasteiger partial charge in [-0.2, -0.15) is 5.26 Å². The van der Waals surface area contributed by atoms with E-state index >= 15 is 0 Å². The summed E-state index contributed by atoms with van der Waals surface area (Å²) in [6, 6.07) is 2.25. The highest BCUT2D eigenvalue weighted by molar-refractivity contribution is 5.39. The molecule has 5 nitrogen and oxygen atoms in total. The molecule has 16 heavy (non-hydrogen) atoms. The summed E-state index contributed by atoms with van der Waals surface area (Å²) >= 11 is 0. The van der Waals surface area contributed by atoms with E-state index in [-0.39, 0.29) is 6.10 Å². The van der Waals surface area contributed by atoms with Crippen LogP contribution in [0.15, 0.2) is 12.4 Å². The van der Waals surface area contributed by atoms with Gasteiger partial charge in [-0.1, -0.05) is 0 Å². The molecule has 1 aromatic rings. The third kappa shape index (κ3) is 2.12. The number of nitrogens with zero attached hydrogens (tertiary/aromatic N) is 4. The second kappa shape index (κ2) is 4.45. The fraction of sp³-hybridized carbons (Fsp3) is 0.545. The van der Waals surface area contributed by atoms with E-state index < -0.39 is 0 Å². The molecule has 0 amide bonds. The molecular formula is C11H14N4O. The normalized spacial score (nSPS) is 25.2. The van der Waals surface area contributed by atoms with Gasteiger partial charge in [-0.3, -0.25) is 0 Å². The van der Waals surface area contributed by atoms with Crippen LogP contribution in [0.3, 0.4) is 0 Å². The fourth-order valence-electron chi connectivity index (χ4n) is 1.75. The number of nitriles is 1. The molecule has 2 rings (SSSR count). The zero-order valence-electron chi connectivity index (χ0n) is 9.42. The highest BCUT2D eigenvalue weighted by atomic mass is 16.5. The second-order valence-electron chi connectivity index (χ2n) is 4.02. The molecule has 0 saturated carbocycles. The van der Waals surface area contributed by atoms with E-state index in [2.05, 4.69) is 21.8 Å². The molecule has 0 bridgehead atoms. The number of hydrogen-bond donors (Lipinski definition) is 0. The first kappa shape index (κ1) is 10.8. The van der Waals surface area contributed by atoms with E-state index in [1.54, 1.807) is 6.20 Å². The number of morpholine rings is 1. The lowest BCUT2D eigenvalue weighted by Gasteiger charge is -2.37. The van der Waals surface area contributed by atoms with Crippen LogP contribution in [0.25, 0.3) is 0 Å². The van der Waals surface area contributed by atoms with E-state index in [1.807, 2.05) is 13.0 Å². The molecule has 5 heteroatoms. The van der Waals surface area contributed by atoms with Crippen molar-refractivity contribution in [2.45, 2.75) is 26.0 Å². The van der Waals surface area contributed by atoms with Crippen LogP contribution in [-0.4, -0.2) is 35.3 Å². The molecule has 0 spiro atoms. The molecule has 2 heterocycles. The van der Waals surface area contributed by atoms with Crippen molar-refractivity contribution in [1.29, 1.82) is 5.26 Å². The van der Waals surface area contributed by atoms with E-state index in [9.17, 15) is 0 Å². The average molecular weight is 218 g/mol. The average Bonchev–Trinajstić information content (AvgIpc) is 2.32. The Bertz CT molecular complexity index is 397. The van der Waals surface area contributed by atoms with E-state index in [1.165, 1.54) is 6.20 Å². The molecule has 1 saturated heterocycles. The van der Waals surface area contributed by atoms with Crippen LogP contribution < -0.4 is 4.90 Å². The Morgan fingerprint density at radius 3 is 2.88 bits per heavy atom. The molecule has 1 aromatic heterocycles. The summed E-state index contributed by atoms with van der Waals surface area (Å²) in [5.41, 5.74) is 0.345. The van der Waals surface area contributed by atoms with Crippen LogP contribution in [0.1, 0.15) is 19.5 Å². The SMILES string of the molecule is CC1CN(c2cnc(C#N)cn2)C(C)CO1. The van der Waals surface area contributed by atoms with Gasteiger partial charge in [0.15, 0.2) is 5.69 Å². The highest BCUT2D eigenvalue weighted by Gasteiger charge is 2.24. The maximum atomic E-state index is 8.65. The standard InChI is InChI=1S/C11H14N4O/c1-8-7-16-9(2)6-15(8)11-5-13-10(3-12)4-14-11/h4-5,8-9H,6-7H2,1-2H3. The summed E-state index contributed by atoms with van der Waals surface area (Å²) in [6.45, 7) is 5.63. The number of anilines is 1. The second-order valence-corrected chi connectivity index (χ2v) is 4.02. The third-order valence-corrected chi connectivity index (χ3v) is 2.65. The highest BCUT2D eigenvalue weighted by Crippen LogP contribution is 2.18. The molecule has 0 radical (unpaired) electrons. The van der Waals surface area contributed by atoms with Crippen LogP contribution in [0.2, 0.25) is 0 Å². The maximum Gasteiger partial charge on any atom is 0.158 e. The Kier molecular flexibility index (Phi) is 3.02. The first-order chi connectivity index (χ1) is 7.70. The van der Waals surface area contributed by atoms with Crippen molar-refractivity contribution in [3.8, 4) is 6.07 Å². The van der Waals surface area contributed by atoms with Crippen molar-refractivity contribution in [2.24, 2.45) is 0 Å². The molecule has 1 aliphatic rings. The Morgan fingerprint density at radius 1 is 1.44 bits per heavy atom. The minimum absolute atomic E-state index is 0.202. The zero-order valence-corrected chi connectivity index (χ0v) is 9.42. The monoisotopic (exact) mass is 218 g/mol. The summed E-state index contributed by atoms with van der Waals surface area (Å²) < 4.78 is 5.54. The van der Waals surface area contributed by atoms with Gasteiger partial charge in [0.25, 0.3) is 0 Å². The summed E-state index contributed by atoms with van der Waals surface area (Å²) in [4.78, 5) is 10.4. The zero-order chi connectivity index (χ0) is 11.5. The van der Waals surface area contributed by atoms with E-state index in [4.69, 9.17) is 10.00 Å². The van der Waals surface area contributed by atoms with Gasteiger partial charge in [-0.05, 0) is 13.8 Å². The van der Waals surface area contributed by atoms with Gasteiger partial charge in [0.05, 0.1) is 31.1 Å². The van der Waals surface area contributed by atoms with Gasteiger partial charge < -0.3 is 9.64 Å². The minimum atomic E-state index is 0.202. The Hall–Kier alpha value is -1.67. The number of rotatable bonds is 1. The summed E-state index contributed by atoms with van der Waals surface area (Å²) in [7, 11) is 0. The summed E-state index contributed by atoms with van der Waals surface area (Å²) in [5.74, 6) is 0.807. The predicted molar refractivity (Wildman–Crippen MR) is 59.0 cm³/mol. The number of ether oxygens (including phenoxy) is 1. The topological polar surface area (TPSA) is 62.0 Å². The van der Waals surface area contributed by atoms with Crippen molar-refractivity contribution in [3.63, 3.8) is 0 Å². The fourth-order valence-corrected chi connectivity index (χ4v) is 1.75. The van der Waals surface area contributed by atoms with Gasteiger partial charge in [-0.25, -0.2) is 9.97 Å². The molecule has 0 N–H and O–H groups in total. The first-order valence-electron chi connectivity index (χ1n) is 5.31. The predicted octanol–water partition coefficient (Wildman–Crippen LogP) is 0.962. The molecule has 0 aromatic carbocycles. The maximum absolute atomic E-state index is 8.65. The Morgan fingerprint density at radius 2 is 2.25 bits per heavy atom. The van der Waals surface area contributed by atoms with Crippen molar-refractivity contribution in [3.05, 3.63) is 18.1 Å². The van der Waals surface area contributed by atoms with Crippen LogP contribution in [0, 0.1) is 11.3 Å². The van der Waals surface area contributed by atoms with Crippen LogP contribution >= 0.6 is 0 Å². The quantitative estimate of drug-likeness (QED) is 0.702. The van der Waals surface area contributed by atoms with Crippen molar-refractivity contribution >= 4 is 5.82 Å². The van der Waals surface area contributed by atoms with Gasteiger partial charge in [0.2, 0.25) is 0 Å². The molecule has 84 valence electrons. The van der Waals surface area contributed by atoms with Gasteiger partial charge in [-0.15, -0.1) is 0 Å². The lowest BCUT2D eigenvalue weighted by atomic mass is 10.2. The van der Waals surface area contributed by atoms with Crippen molar-refractivity contribution in [1.82, 2.24) is 9.97 Å². The molecule has 2 unspecified atom stereocenters. The van der Waals surface area contributed by atoms with E-state index in [0.717, 1.165) is 12.4 Å². The van der Waals surface area contributed by atoms with Gasteiger partial charge in [0, 0.05) is 6.54 Å². The van der Waals surface area contributed by atoms with E-state index in [0.29, 0.717) is 18.3 Å². The first-order valence-corrected chi connectivity index (χ1v) is 5.31. The molecule has 0 aliphatic carbocycles. The van der Waals surface area contributed by atoms with Gasteiger partial charge >= 0.3 is 0 Å². The molecule has 1 aliphatic heterocycles. The largest absolute Gasteiger partial charge is 0.375 e.